The quantitative estimate of drug-likeness (QED) is 0.731. The van der Waals surface area contributed by atoms with Crippen molar-refractivity contribution in [3.8, 4) is 0 Å². The molecule has 3 rings (SSSR count). The number of hydrogen-bond donors (Lipinski definition) is 0. The highest BCUT2D eigenvalue weighted by Gasteiger charge is 2.24. The number of rotatable bonds is 1. The number of thioether (sulfide) groups is 1. The Morgan fingerprint density at radius 2 is 2.20 bits per heavy atom. The summed E-state index contributed by atoms with van der Waals surface area (Å²) in [6, 6.07) is 0. The maximum absolute atomic E-state index is 4.42. The SMILES string of the molecule is C1CCn2c(nnc2C2CCCSC2)C1. The molecule has 1 aromatic rings. The summed E-state index contributed by atoms with van der Waals surface area (Å²) in [5.41, 5.74) is 0. The van der Waals surface area contributed by atoms with Crippen LogP contribution in [0, 0.1) is 0 Å². The van der Waals surface area contributed by atoms with E-state index in [1.807, 2.05) is 0 Å². The molecule has 0 saturated carbocycles. The molecule has 1 fully saturated rings. The highest BCUT2D eigenvalue weighted by atomic mass is 32.2. The van der Waals surface area contributed by atoms with Gasteiger partial charge in [0.1, 0.15) is 11.6 Å². The van der Waals surface area contributed by atoms with Crippen molar-refractivity contribution in [2.24, 2.45) is 0 Å². The van der Waals surface area contributed by atoms with Crippen molar-refractivity contribution in [3.63, 3.8) is 0 Å². The molecule has 1 atom stereocenters. The van der Waals surface area contributed by atoms with E-state index in [4.69, 9.17) is 0 Å². The minimum Gasteiger partial charge on any atom is -0.315 e. The van der Waals surface area contributed by atoms with E-state index < -0.39 is 0 Å². The summed E-state index contributed by atoms with van der Waals surface area (Å²) in [6.45, 7) is 1.15. The lowest BCUT2D eigenvalue weighted by Crippen LogP contribution is -2.18. The van der Waals surface area contributed by atoms with Crippen molar-refractivity contribution in [1.29, 1.82) is 0 Å². The molecule has 1 aromatic heterocycles. The smallest absolute Gasteiger partial charge is 0.136 e. The van der Waals surface area contributed by atoms with Gasteiger partial charge in [-0.05, 0) is 31.4 Å². The van der Waals surface area contributed by atoms with Crippen LogP contribution in [0.3, 0.4) is 0 Å². The number of nitrogens with zero attached hydrogens (tertiary/aromatic N) is 3. The molecule has 3 nitrogen and oxygen atoms in total. The molecule has 1 saturated heterocycles. The zero-order chi connectivity index (χ0) is 10.1. The molecular formula is C11H17N3S. The predicted octanol–water partition coefficient (Wildman–Crippen LogP) is 2.23. The van der Waals surface area contributed by atoms with E-state index in [0.717, 1.165) is 13.0 Å². The lowest BCUT2D eigenvalue weighted by atomic mass is 10.0. The first kappa shape index (κ1) is 9.70. The summed E-state index contributed by atoms with van der Waals surface area (Å²) in [6.07, 6.45) is 6.38. The Morgan fingerprint density at radius 3 is 3.07 bits per heavy atom. The largest absolute Gasteiger partial charge is 0.315 e. The minimum atomic E-state index is 0.670. The third-order valence-electron chi connectivity index (χ3n) is 3.41. The van der Waals surface area contributed by atoms with Gasteiger partial charge in [0.15, 0.2) is 0 Å². The van der Waals surface area contributed by atoms with Crippen LogP contribution in [0.1, 0.15) is 43.3 Å². The van der Waals surface area contributed by atoms with Gasteiger partial charge in [-0.15, -0.1) is 10.2 Å². The van der Waals surface area contributed by atoms with E-state index in [1.54, 1.807) is 0 Å². The molecule has 82 valence electrons. The molecule has 2 aliphatic rings. The lowest BCUT2D eigenvalue weighted by molar-refractivity contribution is 0.486. The molecule has 0 aromatic carbocycles. The van der Waals surface area contributed by atoms with Gasteiger partial charge < -0.3 is 4.57 Å². The maximum Gasteiger partial charge on any atom is 0.136 e. The van der Waals surface area contributed by atoms with Crippen LogP contribution >= 0.6 is 11.8 Å². The van der Waals surface area contributed by atoms with Crippen LogP contribution in [0.4, 0.5) is 0 Å². The van der Waals surface area contributed by atoms with Crippen LogP contribution in [0.5, 0.6) is 0 Å². The highest BCUT2D eigenvalue weighted by Crippen LogP contribution is 2.31. The van der Waals surface area contributed by atoms with Crippen LogP contribution in [-0.4, -0.2) is 26.3 Å². The maximum atomic E-state index is 4.42. The topological polar surface area (TPSA) is 30.7 Å². The molecule has 15 heavy (non-hydrogen) atoms. The molecule has 2 aliphatic heterocycles. The number of aryl methyl sites for hydroxylation is 1. The summed E-state index contributed by atoms with van der Waals surface area (Å²) < 4.78 is 2.39. The second kappa shape index (κ2) is 4.16. The zero-order valence-corrected chi connectivity index (χ0v) is 9.80. The van der Waals surface area contributed by atoms with Gasteiger partial charge in [-0.2, -0.15) is 11.8 Å². The van der Waals surface area contributed by atoms with Crippen molar-refractivity contribution < 1.29 is 0 Å². The molecule has 1 unspecified atom stereocenters. The third kappa shape index (κ3) is 1.80. The molecule has 0 bridgehead atoms. The standard InChI is InChI=1S/C11H17N3S/c1-2-6-14-10(5-1)12-13-11(14)9-4-3-7-15-8-9/h9H,1-8H2. The average molecular weight is 223 g/mol. The average Bonchev–Trinajstić information content (AvgIpc) is 2.74. The van der Waals surface area contributed by atoms with Crippen molar-refractivity contribution in [1.82, 2.24) is 14.8 Å². The van der Waals surface area contributed by atoms with Crippen molar-refractivity contribution in [2.45, 2.75) is 44.6 Å². The van der Waals surface area contributed by atoms with Crippen LogP contribution in [0.15, 0.2) is 0 Å². The van der Waals surface area contributed by atoms with Crippen LogP contribution in [0.2, 0.25) is 0 Å². The highest BCUT2D eigenvalue weighted by molar-refractivity contribution is 7.99. The van der Waals surface area contributed by atoms with E-state index >= 15 is 0 Å². The Morgan fingerprint density at radius 1 is 1.20 bits per heavy atom. The third-order valence-corrected chi connectivity index (χ3v) is 4.63. The van der Waals surface area contributed by atoms with Crippen LogP contribution < -0.4 is 0 Å². The first-order chi connectivity index (χ1) is 7.45. The van der Waals surface area contributed by atoms with Gasteiger partial charge >= 0.3 is 0 Å². The minimum absolute atomic E-state index is 0.670. The van der Waals surface area contributed by atoms with Gasteiger partial charge in [0.25, 0.3) is 0 Å². The van der Waals surface area contributed by atoms with Gasteiger partial charge in [0.2, 0.25) is 0 Å². The molecule has 0 aliphatic carbocycles. The molecule has 0 amide bonds. The second-order valence-corrected chi connectivity index (χ2v) is 5.65. The first-order valence-corrected chi connectivity index (χ1v) is 7.10. The van der Waals surface area contributed by atoms with Gasteiger partial charge in [-0.1, -0.05) is 0 Å². The summed E-state index contributed by atoms with van der Waals surface area (Å²) in [5, 5.41) is 8.76. The predicted molar refractivity (Wildman–Crippen MR) is 62.3 cm³/mol. The van der Waals surface area contributed by atoms with Gasteiger partial charge in [-0.3, -0.25) is 0 Å². The van der Waals surface area contributed by atoms with E-state index in [2.05, 4.69) is 26.5 Å². The van der Waals surface area contributed by atoms with E-state index in [0.29, 0.717) is 5.92 Å². The summed E-state index contributed by atoms with van der Waals surface area (Å²) in [7, 11) is 0. The van der Waals surface area contributed by atoms with E-state index in [1.165, 1.54) is 48.8 Å². The van der Waals surface area contributed by atoms with E-state index in [-0.39, 0.29) is 0 Å². The normalized spacial score (nSPS) is 26.3. The van der Waals surface area contributed by atoms with Crippen LogP contribution in [0.25, 0.3) is 0 Å². The fraction of sp³-hybridized carbons (Fsp3) is 0.818. The molecule has 0 spiro atoms. The van der Waals surface area contributed by atoms with Gasteiger partial charge in [-0.25, -0.2) is 0 Å². The zero-order valence-electron chi connectivity index (χ0n) is 8.98. The number of aromatic nitrogens is 3. The fourth-order valence-corrected chi connectivity index (χ4v) is 3.71. The fourth-order valence-electron chi connectivity index (χ4n) is 2.58. The van der Waals surface area contributed by atoms with Crippen molar-refractivity contribution >= 4 is 11.8 Å². The number of hydrogen-bond acceptors (Lipinski definition) is 3. The van der Waals surface area contributed by atoms with Gasteiger partial charge in [0, 0.05) is 24.6 Å². The molecule has 4 heteroatoms. The Hall–Kier alpha value is -0.510. The summed E-state index contributed by atoms with van der Waals surface area (Å²) >= 11 is 2.07. The second-order valence-electron chi connectivity index (χ2n) is 4.50. The van der Waals surface area contributed by atoms with E-state index in [9.17, 15) is 0 Å². The lowest BCUT2D eigenvalue weighted by Gasteiger charge is -2.23. The van der Waals surface area contributed by atoms with Crippen molar-refractivity contribution in [2.75, 3.05) is 11.5 Å². The number of fused-ring (bicyclic) bond motifs is 1. The Bertz CT molecular complexity index is 342. The monoisotopic (exact) mass is 223 g/mol. The Balaban J connectivity index is 1.87. The Kier molecular flexibility index (Phi) is 2.69. The van der Waals surface area contributed by atoms with Crippen LogP contribution in [-0.2, 0) is 13.0 Å². The Labute approximate surface area is 94.7 Å². The molecule has 0 N–H and O–H groups in total. The first-order valence-electron chi connectivity index (χ1n) is 5.95. The summed E-state index contributed by atoms with van der Waals surface area (Å²) in [4.78, 5) is 0. The van der Waals surface area contributed by atoms with Crippen molar-refractivity contribution in [3.05, 3.63) is 11.6 Å². The molecular weight excluding hydrogens is 206 g/mol. The van der Waals surface area contributed by atoms with Gasteiger partial charge in [0.05, 0.1) is 0 Å². The summed E-state index contributed by atoms with van der Waals surface area (Å²) in [5.74, 6) is 5.75. The molecule has 3 heterocycles. The molecule has 0 radical (unpaired) electrons.